The van der Waals surface area contributed by atoms with E-state index in [-0.39, 0.29) is 32.1 Å². The maximum atomic E-state index is 12.2. The van der Waals surface area contributed by atoms with Crippen molar-refractivity contribution in [2.24, 2.45) is 0 Å². The standard InChI is InChI=1S/C18H25N3O6/c1-4-25-14-7-6-13(10-15(14)26-5-2)19-16(22)11-20(3)12-17(23)21-8-9-27-18(21)24/h6-7,10H,4-5,8-9,11-12H2,1-3H3,(H,19,22). The van der Waals surface area contributed by atoms with Crippen LogP contribution in [0.5, 0.6) is 11.5 Å². The molecule has 9 heteroatoms. The Bertz CT molecular complexity index is 694. The third kappa shape index (κ3) is 5.85. The molecule has 1 aliphatic heterocycles. The molecule has 1 fully saturated rings. The molecule has 0 atom stereocenters. The highest BCUT2D eigenvalue weighted by Gasteiger charge is 2.29. The van der Waals surface area contributed by atoms with Crippen LogP contribution in [0.2, 0.25) is 0 Å². The fraction of sp³-hybridized carbons (Fsp3) is 0.500. The number of likely N-dealkylation sites (N-methyl/N-ethyl adjacent to an activating group) is 1. The molecule has 1 N–H and O–H groups in total. The first-order chi connectivity index (χ1) is 12.9. The van der Waals surface area contributed by atoms with Crippen molar-refractivity contribution in [1.82, 2.24) is 9.80 Å². The number of hydrogen-bond donors (Lipinski definition) is 1. The van der Waals surface area contributed by atoms with Crippen molar-refractivity contribution in [3.05, 3.63) is 18.2 Å². The predicted octanol–water partition coefficient (Wildman–Crippen LogP) is 1.33. The molecule has 9 nitrogen and oxygen atoms in total. The Hall–Kier alpha value is -2.81. The Labute approximate surface area is 158 Å². The van der Waals surface area contributed by atoms with Crippen LogP contribution in [-0.4, -0.2) is 74.2 Å². The van der Waals surface area contributed by atoms with E-state index in [1.807, 2.05) is 13.8 Å². The normalized spacial score (nSPS) is 13.5. The molecule has 1 aromatic rings. The average Bonchev–Trinajstić information content (AvgIpc) is 3.03. The van der Waals surface area contributed by atoms with E-state index in [2.05, 4.69) is 5.32 Å². The fourth-order valence-corrected chi connectivity index (χ4v) is 2.57. The number of carbonyl (C=O) groups is 3. The molecule has 27 heavy (non-hydrogen) atoms. The van der Waals surface area contributed by atoms with Gasteiger partial charge in [0.1, 0.15) is 6.61 Å². The van der Waals surface area contributed by atoms with Crippen LogP contribution in [0.15, 0.2) is 18.2 Å². The van der Waals surface area contributed by atoms with Crippen molar-refractivity contribution in [2.45, 2.75) is 13.8 Å². The van der Waals surface area contributed by atoms with E-state index in [0.717, 1.165) is 4.90 Å². The van der Waals surface area contributed by atoms with Gasteiger partial charge >= 0.3 is 6.09 Å². The number of imide groups is 1. The van der Waals surface area contributed by atoms with E-state index < -0.39 is 12.0 Å². The number of amides is 3. The van der Waals surface area contributed by atoms with Gasteiger partial charge in [0.2, 0.25) is 11.8 Å². The van der Waals surface area contributed by atoms with E-state index >= 15 is 0 Å². The summed E-state index contributed by atoms with van der Waals surface area (Å²) in [6.07, 6.45) is -0.643. The predicted molar refractivity (Wildman–Crippen MR) is 98.0 cm³/mol. The molecule has 2 rings (SSSR count). The molecule has 0 saturated carbocycles. The number of nitrogens with zero attached hydrogens (tertiary/aromatic N) is 2. The molecule has 0 aliphatic carbocycles. The second-order valence-corrected chi connectivity index (χ2v) is 5.91. The third-order valence-electron chi connectivity index (χ3n) is 3.71. The summed E-state index contributed by atoms with van der Waals surface area (Å²) in [5, 5.41) is 2.76. The van der Waals surface area contributed by atoms with Gasteiger partial charge in [-0.3, -0.25) is 14.5 Å². The minimum Gasteiger partial charge on any atom is -0.490 e. The number of hydrogen-bond acceptors (Lipinski definition) is 7. The van der Waals surface area contributed by atoms with Gasteiger partial charge in [0.05, 0.1) is 32.8 Å². The topological polar surface area (TPSA) is 97.4 Å². The van der Waals surface area contributed by atoms with Gasteiger partial charge in [-0.25, -0.2) is 9.69 Å². The molecule has 1 saturated heterocycles. The lowest BCUT2D eigenvalue weighted by molar-refractivity contribution is -0.129. The zero-order valence-electron chi connectivity index (χ0n) is 15.8. The number of rotatable bonds is 9. The van der Waals surface area contributed by atoms with Gasteiger partial charge in [-0.15, -0.1) is 0 Å². The van der Waals surface area contributed by atoms with Gasteiger partial charge in [0.15, 0.2) is 11.5 Å². The Kier molecular flexibility index (Phi) is 7.42. The van der Waals surface area contributed by atoms with Crippen LogP contribution in [0.1, 0.15) is 13.8 Å². The molecule has 3 amide bonds. The summed E-state index contributed by atoms with van der Waals surface area (Å²) in [5.74, 6) is 0.471. The van der Waals surface area contributed by atoms with E-state index in [1.54, 1.807) is 25.2 Å². The summed E-state index contributed by atoms with van der Waals surface area (Å²) >= 11 is 0. The molecule has 0 spiro atoms. The van der Waals surface area contributed by atoms with Crippen LogP contribution >= 0.6 is 0 Å². The van der Waals surface area contributed by atoms with Crippen molar-refractivity contribution >= 4 is 23.6 Å². The largest absolute Gasteiger partial charge is 0.490 e. The summed E-state index contributed by atoms with van der Waals surface area (Å²) in [7, 11) is 1.63. The SMILES string of the molecule is CCOc1ccc(NC(=O)CN(C)CC(=O)N2CCOC2=O)cc1OCC. The molecule has 0 unspecified atom stereocenters. The zero-order valence-corrected chi connectivity index (χ0v) is 15.8. The highest BCUT2D eigenvalue weighted by molar-refractivity contribution is 5.95. The first-order valence-corrected chi connectivity index (χ1v) is 8.79. The molecule has 1 heterocycles. The van der Waals surface area contributed by atoms with E-state index in [1.165, 1.54) is 4.90 Å². The molecule has 0 aromatic heterocycles. The highest BCUT2D eigenvalue weighted by atomic mass is 16.6. The number of carbonyl (C=O) groups excluding carboxylic acids is 3. The van der Waals surface area contributed by atoms with Crippen molar-refractivity contribution in [3.63, 3.8) is 0 Å². The quantitative estimate of drug-likeness (QED) is 0.691. The lowest BCUT2D eigenvalue weighted by Crippen LogP contribution is -2.41. The Morgan fingerprint density at radius 3 is 2.52 bits per heavy atom. The number of ether oxygens (including phenoxy) is 3. The number of cyclic esters (lactones) is 1. The summed E-state index contributed by atoms with van der Waals surface area (Å²) in [5.41, 5.74) is 0.565. The third-order valence-corrected chi connectivity index (χ3v) is 3.71. The van der Waals surface area contributed by atoms with Gasteiger partial charge in [-0.05, 0) is 33.0 Å². The molecular formula is C18H25N3O6. The lowest BCUT2D eigenvalue weighted by Gasteiger charge is -2.18. The zero-order chi connectivity index (χ0) is 19.8. The second-order valence-electron chi connectivity index (χ2n) is 5.91. The van der Waals surface area contributed by atoms with Crippen LogP contribution < -0.4 is 14.8 Å². The smallest absolute Gasteiger partial charge is 0.416 e. The maximum absolute atomic E-state index is 12.2. The van der Waals surface area contributed by atoms with Crippen LogP contribution in [0.3, 0.4) is 0 Å². The van der Waals surface area contributed by atoms with Crippen molar-refractivity contribution in [3.8, 4) is 11.5 Å². The van der Waals surface area contributed by atoms with Crippen molar-refractivity contribution < 1.29 is 28.6 Å². The van der Waals surface area contributed by atoms with Crippen LogP contribution in [0.4, 0.5) is 10.5 Å². The maximum Gasteiger partial charge on any atom is 0.416 e. The van der Waals surface area contributed by atoms with Gasteiger partial charge in [0.25, 0.3) is 0 Å². The monoisotopic (exact) mass is 379 g/mol. The van der Waals surface area contributed by atoms with E-state index in [4.69, 9.17) is 14.2 Å². The lowest BCUT2D eigenvalue weighted by atomic mass is 10.2. The fourth-order valence-electron chi connectivity index (χ4n) is 2.57. The van der Waals surface area contributed by atoms with Gasteiger partial charge in [-0.2, -0.15) is 0 Å². The number of nitrogens with one attached hydrogen (secondary N) is 1. The van der Waals surface area contributed by atoms with E-state index in [0.29, 0.717) is 30.4 Å². The van der Waals surface area contributed by atoms with Crippen LogP contribution in [0.25, 0.3) is 0 Å². The first kappa shape index (κ1) is 20.5. The number of benzene rings is 1. The Morgan fingerprint density at radius 2 is 1.89 bits per heavy atom. The summed E-state index contributed by atoms with van der Waals surface area (Å²) < 4.78 is 15.8. The van der Waals surface area contributed by atoms with Gasteiger partial charge in [0, 0.05) is 11.8 Å². The van der Waals surface area contributed by atoms with Gasteiger partial charge < -0.3 is 19.5 Å². The first-order valence-electron chi connectivity index (χ1n) is 8.79. The van der Waals surface area contributed by atoms with E-state index in [9.17, 15) is 14.4 Å². The Balaban J connectivity index is 1.89. The molecule has 0 bridgehead atoms. The minimum absolute atomic E-state index is 0.00813. The Morgan fingerprint density at radius 1 is 1.19 bits per heavy atom. The number of anilines is 1. The molecular weight excluding hydrogens is 354 g/mol. The van der Waals surface area contributed by atoms with Crippen molar-refractivity contribution in [1.29, 1.82) is 0 Å². The molecule has 1 aromatic carbocycles. The van der Waals surface area contributed by atoms with Gasteiger partial charge in [-0.1, -0.05) is 0 Å². The highest BCUT2D eigenvalue weighted by Crippen LogP contribution is 2.30. The second kappa shape index (κ2) is 9.77. The summed E-state index contributed by atoms with van der Waals surface area (Å²) in [6.45, 7) is 5.10. The molecule has 148 valence electrons. The average molecular weight is 379 g/mol. The molecule has 0 radical (unpaired) electrons. The summed E-state index contributed by atoms with van der Waals surface area (Å²) in [6, 6.07) is 5.14. The van der Waals surface area contributed by atoms with Crippen LogP contribution in [-0.2, 0) is 14.3 Å². The minimum atomic E-state index is -0.643. The molecule has 1 aliphatic rings. The summed E-state index contributed by atoms with van der Waals surface area (Å²) in [4.78, 5) is 38.2. The van der Waals surface area contributed by atoms with Crippen molar-refractivity contribution in [2.75, 3.05) is 51.8 Å². The van der Waals surface area contributed by atoms with Crippen LogP contribution in [0, 0.1) is 0 Å².